The van der Waals surface area contributed by atoms with Gasteiger partial charge in [-0.15, -0.1) is 11.8 Å². The van der Waals surface area contributed by atoms with Crippen LogP contribution in [-0.2, 0) is 0 Å². The highest BCUT2D eigenvalue weighted by atomic mass is 32.2. The molecule has 0 aliphatic heterocycles. The first-order valence-electron chi connectivity index (χ1n) is 8.45. The summed E-state index contributed by atoms with van der Waals surface area (Å²) in [5.41, 5.74) is -0.119. The van der Waals surface area contributed by atoms with Gasteiger partial charge in [0.1, 0.15) is 0 Å². The number of nitrogens with zero attached hydrogens (tertiary/aromatic N) is 2. The van der Waals surface area contributed by atoms with Crippen molar-refractivity contribution in [2.45, 2.75) is 41.9 Å². The predicted octanol–water partition coefficient (Wildman–Crippen LogP) is 5.02. The zero-order valence-electron chi connectivity index (χ0n) is 14.0. The molecule has 0 unspecified atom stereocenters. The van der Waals surface area contributed by atoms with Gasteiger partial charge in [-0.2, -0.15) is 0 Å². The predicted molar refractivity (Wildman–Crippen MR) is 102 cm³/mol. The largest absolute Gasteiger partial charge is 0.381 e. The van der Waals surface area contributed by atoms with Gasteiger partial charge >= 0.3 is 0 Å². The Hall–Kier alpha value is -2.61. The third-order valence-electron chi connectivity index (χ3n) is 4.41. The van der Waals surface area contributed by atoms with Crippen LogP contribution in [0.3, 0.4) is 0 Å². The third kappa shape index (κ3) is 4.51. The maximum atomic E-state index is 11.1. The fourth-order valence-corrected chi connectivity index (χ4v) is 4.50. The Morgan fingerprint density at radius 3 is 2.15 bits per heavy atom. The highest BCUT2D eigenvalue weighted by Crippen LogP contribution is 2.36. The van der Waals surface area contributed by atoms with Gasteiger partial charge in [-0.3, -0.25) is 20.2 Å². The lowest BCUT2D eigenvalue weighted by molar-refractivity contribution is -0.394. The van der Waals surface area contributed by atoms with E-state index in [1.165, 1.54) is 17.0 Å². The molecule has 2 aromatic carbocycles. The van der Waals surface area contributed by atoms with Crippen molar-refractivity contribution in [3.63, 3.8) is 0 Å². The van der Waals surface area contributed by atoms with Gasteiger partial charge in [-0.1, -0.05) is 31.0 Å². The third-order valence-corrected chi connectivity index (χ3v) is 5.82. The van der Waals surface area contributed by atoms with Crippen LogP contribution in [0.1, 0.15) is 25.7 Å². The Bertz CT molecular complexity index is 768. The molecule has 0 heterocycles. The van der Waals surface area contributed by atoms with Gasteiger partial charge in [0.05, 0.1) is 15.9 Å². The molecule has 8 heteroatoms. The van der Waals surface area contributed by atoms with Gasteiger partial charge in [-0.25, -0.2) is 0 Å². The number of thioether (sulfide) groups is 1. The Morgan fingerprint density at radius 1 is 0.923 bits per heavy atom. The van der Waals surface area contributed by atoms with Gasteiger partial charge in [0.25, 0.3) is 11.4 Å². The minimum atomic E-state index is -0.602. The molecular formula is C18H19N3O4S. The molecule has 3 rings (SSSR count). The van der Waals surface area contributed by atoms with E-state index in [2.05, 4.69) is 17.4 Å². The first-order chi connectivity index (χ1) is 12.5. The number of nitro benzene ring substituents is 2. The fraction of sp³-hybridized carbons (Fsp3) is 0.333. The minimum absolute atomic E-state index is 0.107. The molecule has 0 aromatic heterocycles. The second kappa shape index (κ2) is 8.18. The van der Waals surface area contributed by atoms with E-state index in [0.29, 0.717) is 10.9 Å². The number of anilines is 1. The SMILES string of the molecule is O=[N+]([O-])c1cc(N[C@@H]2CCCC[C@H]2Sc2ccccc2)cc([N+](=O)[O-])c1. The van der Waals surface area contributed by atoms with Crippen LogP contribution >= 0.6 is 11.8 Å². The second-order valence-corrected chi connectivity index (χ2v) is 7.57. The molecule has 0 amide bonds. The quantitative estimate of drug-likeness (QED) is 0.564. The maximum absolute atomic E-state index is 11.1. The van der Waals surface area contributed by atoms with Crippen LogP contribution in [0, 0.1) is 20.2 Å². The summed E-state index contributed by atoms with van der Waals surface area (Å²) in [6, 6.07) is 13.9. The molecule has 1 N–H and O–H groups in total. The van der Waals surface area contributed by atoms with Crippen molar-refractivity contribution in [1.82, 2.24) is 0 Å². The van der Waals surface area contributed by atoms with Gasteiger partial charge in [-0.05, 0) is 25.0 Å². The Balaban J connectivity index is 1.81. The van der Waals surface area contributed by atoms with Crippen LogP contribution in [-0.4, -0.2) is 21.1 Å². The van der Waals surface area contributed by atoms with Crippen LogP contribution in [0.4, 0.5) is 17.1 Å². The van der Waals surface area contributed by atoms with Crippen molar-refractivity contribution >= 4 is 28.8 Å². The Labute approximate surface area is 155 Å². The van der Waals surface area contributed by atoms with Gasteiger partial charge in [0.2, 0.25) is 0 Å². The summed E-state index contributed by atoms with van der Waals surface area (Å²) in [6.45, 7) is 0. The minimum Gasteiger partial charge on any atom is -0.381 e. The van der Waals surface area contributed by atoms with Gasteiger partial charge in [0, 0.05) is 34.0 Å². The molecule has 1 aliphatic carbocycles. The number of hydrogen-bond donors (Lipinski definition) is 1. The average Bonchev–Trinajstić information content (AvgIpc) is 2.64. The van der Waals surface area contributed by atoms with Crippen LogP contribution in [0.5, 0.6) is 0 Å². The maximum Gasteiger partial charge on any atom is 0.278 e. The number of nitro groups is 2. The van der Waals surface area contributed by atoms with E-state index < -0.39 is 9.85 Å². The lowest BCUT2D eigenvalue weighted by atomic mass is 9.94. The van der Waals surface area contributed by atoms with Crippen molar-refractivity contribution in [2.24, 2.45) is 0 Å². The van der Waals surface area contributed by atoms with E-state index in [0.717, 1.165) is 31.7 Å². The summed E-state index contributed by atoms with van der Waals surface area (Å²) >= 11 is 1.78. The number of non-ortho nitro benzene ring substituents is 2. The fourth-order valence-electron chi connectivity index (χ4n) is 3.18. The topological polar surface area (TPSA) is 98.3 Å². The average molecular weight is 373 g/mol. The number of nitrogens with one attached hydrogen (secondary N) is 1. The van der Waals surface area contributed by atoms with Crippen LogP contribution < -0.4 is 5.32 Å². The Morgan fingerprint density at radius 2 is 1.54 bits per heavy atom. The summed E-state index contributed by atoms with van der Waals surface area (Å²) in [5, 5.41) is 25.8. The second-order valence-electron chi connectivity index (χ2n) is 6.26. The van der Waals surface area contributed by atoms with Crippen molar-refractivity contribution in [2.75, 3.05) is 5.32 Å². The highest BCUT2D eigenvalue weighted by Gasteiger charge is 2.27. The molecular weight excluding hydrogens is 354 g/mol. The molecule has 26 heavy (non-hydrogen) atoms. The zero-order valence-corrected chi connectivity index (χ0v) is 14.9. The smallest absolute Gasteiger partial charge is 0.278 e. The molecule has 2 aromatic rings. The molecule has 0 saturated heterocycles. The molecule has 1 saturated carbocycles. The highest BCUT2D eigenvalue weighted by molar-refractivity contribution is 8.00. The Kier molecular flexibility index (Phi) is 5.72. The molecule has 1 aliphatic rings. The van der Waals surface area contributed by atoms with Crippen molar-refractivity contribution in [3.8, 4) is 0 Å². The normalized spacial score (nSPS) is 19.7. The monoisotopic (exact) mass is 373 g/mol. The van der Waals surface area contributed by atoms with Crippen molar-refractivity contribution in [3.05, 3.63) is 68.8 Å². The standard InChI is InChI=1S/C18H19N3O4S/c22-20(23)14-10-13(11-15(12-14)21(24)25)19-17-8-4-5-9-18(17)26-16-6-2-1-3-7-16/h1-3,6-7,10-12,17-19H,4-5,8-9H2/t17-,18-/m1/s1. The van der Waals surface area contributed by atoms with Crippen LogP contribution in [0.15, 0.2) is 53.4 Å². The number of hydrogen-bond acceptors (Lipinski definition) is 6. The lowest BCUT2D eigenvalue weighted by Gasteiger charge is -2.32. The summed E-state index contributed by atoms with van der Waals surface area (Å²) in [7, 11) is 0. The molecule has 7 nitrogen and oxygen atoms in total. The first-order valence-corrected chi connectivity index (χ1v) is 9.33. The number of benzene rings is 2. The van der Waals surface area contributed by atoms with Crippen molar-refractivity contribution in [1.29, 1.82) is 0 Å². The van der Waals surface area contributed by atoms with E-state index >= 15 is 0 Å². The molecule has 136 valence electrons. The molecule has 1 fully saturated rings. The molecule has 0 bridgehead atoms. The van der Waals surface area contributed by atoms with Gasteiger partial charge in [0.15, 0.2) is 0 Å². The van der Waals surface area contributed by atoms with Crippen LogP contribution in [0.25, 0.3) is 0 Å². The van der Waals surface area contributed by atoms with Crippen molar-refractivity contribution < 1.29 is 9.85 Å². The first kappa shape index (κ1) is 18.2. The zero-order chi connectivity index (χ0) is 18.5. The molecule has 0 spiro atoms. The summed E-state index contributed by atoms with van der Waals surface area (Å²) in [5.74, 6) is 0. The summed E-state index contributed by atoms with van der Waals surface area (Å²) in [6.07, 6.45) is 4.17. The summed E-state index contributed by atoms with van der Waals surface area (Å²) < 4.78 is 0. The van der Waals surface area contributed by atoms with E-state index in [1.54, 1.807) is 11.8 Å². The van der Waals surface area contributed by atoms with Crippen LogP contribution in [0.2, 0.25) is 0 Å². The van der Waals surface area contributed by atoms with E-state index in [1.807, 2.05) is 18.2 Å². The molecule has 0 radical (unpaired) electrons. The van der Waals surface area contributed by atoms with E-state index in [9.17, 15) is 20.2 Å². The van der Waals surface area contributed by atoms with Gasteiger partial charge < -0.3 is 5.32 Å². The summed E-state index contributed by atoms with van der Waals surface area (Å²) in [4.78, 5) is 22.1. The number of rotatable bonds is 6. The van der Waals surface area contributed by atoms with E-state index in [4.69, 9.17) is 0 Å². The lowest BCUT2D eigenvalue weighted by Crippen LogP contribution is -2.34. The van der Waals surface area contributed by atoms with E-state index in [-0.39, 0.29) is 17.4 Å². The molecule has 2 atom stereocenters.